The van der Waals surface area contributed by atoms with Gasteiger partial charge >= 0.3 is 0 Å². The van der Waals surface area contributed by atoms with Gasteiger partial charge in [-0.25, -0.2) is 9.82 Å². The third-order valence-corrected chi connectivity index (χ3v) is 5.30. The van der Waals surface area contributed by atoms with Crippen LogP contribution in [0.4, 0.5) is 4.39 Å². The van der Waals surface area contributed by atoms with Crippen molar-refractivity contribution in [3.63, 3.8) is 0 Å². The smallest absolute Gasteiger partial charge is 0.134 e. The van der Waals surface area contributed by atoms with Crippen LogP contribution in [-0.4, -0.2) is 0 Å². The number of thiophene rings is 1. The van der Waals surface area contributed by atoms with Crippen LogP contribution in [0.1, 0.15) is 33.5 Å². The van der Waals surface area contributed by atoms with E-state index in [4.69, 9.17) is 10.3 Å². The monoisotopic (exact) mass is 302 g/mol. The van der Waals surface area contributed by atoms with E-state index in [9.17, 15) is 4.39 Å². The number of hydrogen-bond donors (Lipinski definition) is 2. The molecular weight excluding hydrogens is 287 g/mol. The molecule has 1 aliphatic rings. The first-order chi connectivity index (χ1) is 10.2. The third-order valence-electron chi connectivity index (χ3n) is 4.00. The highest BCUT2D eigenvalue weighted by Gasteiger charge is 2.23. The van der Waals surface area contributed by atoms with E-state index < -0.39 is 0 Å². The van der Waals surface area contributed by atoms with Crippen LogP contribution in [-0.2, 0) is 12.8 Å². The Bertz CT molecular complexity index is 786. The van der Waals surface area contributed by atoms with Crippen LogP contribution in [0.5, 0.6) is 0 Å². The van der Waals surface area contributed by atoms with Gasteiger partial charge < -0.3 is 4.42 Å². The Kier molecular flexibility index (Phi) is 3.06. The molecule has 1 aromatic carbocycles. The van der Waals surface area contributed by atoms with Crippen LogP contribution in [0.15, 0.2) is 34.7 Å². The van der Waals surface area contributed by atoms with Crippen molar-refractivity contribution in [1.29, 1.82) is 0 Å². The molecule has 4 rings (SSSR count). The summed E-state index contributed by atoms with van der Waals surface area (Å²) in [5.74, 6) is 6.19. The van der Waals surface area contributed by atoms with Crippen LogP contribution in [0.2, 0.25) is 0 Å². The lowest BCUT2D eigenvalue weighted by Gasteiger charge is -2.11. The van der Waals surface area contributed by atoms with Crippen LogP contribution >= 0.6 is 11.3 Å². The SMILES string of the molecule is NNC(c1cc2cc(F)ccc2o1)c1cc2c(s1)CCC2. The molecule has 1 atom stereocenters. The molecule has 3 N–H and O–H groups in total. The minimum Gasteiger partial charge on any atom is -0.459 e. The highest BCUT2D eigenvalue weighted by Crippen LogP contribution is 2.37. The number of rotatable bonds is 3. The molecule has 0 spiro atoms. The van der Waals surface area contributed by atoms with Gasteiger partial charge in [0.05, 0.1) is 0 Å². The van der Waals surface area contributed by atoms with Gasteiger partial charge in [-0.05, 0) is 55.2 Å². The van der Waals surface area contributed by atoms with Crippen LogP contribution in [0.3, 0.4) is 0 Å². The Labute approximate surface area is 125 Å². The van der Waals surface area contributed by atoms with E-state index in [-0.39, 0.29) is 11.9 Å². The second-order valence-electron chi connectivity index (χ2n) is 5.38. The summed E-state index contributed by atoms with van der Waals surface area (Å²) in [5, 5.41) is 0.759. The molecule has 3 nitrogen and oxygen atoms in total. The Morgan fingerprint density at radius 3 is 2.95 bits per heavy atom. The van der Waals surface area contributed by atoms with Gasteiger partial charge in [-0.2, -0.15) is 0 Å². The van der Waals surface area contributed by atoms with E-state index in [1.165, 1.54) is 29.0 Å². The Balaban J connectivity index is 1.76. The van der Waals surface area contributed by atoms with Gasteiger partial charge in [-0.3, -0.25) is 5.84 Å². The number of benzene rings is 1. The zero-order chi connectivity index (χ0) is 14.4. The van der Waals surface area contributed by atoms with Crippen LogP contribution in [0.25, 0.3) is 11.0 Å². The van der Waals surface area contributed by atoms with Crippen molar-refractivity contribution >= 4 is 22.3 Å². The summed E-state index contributed by atoms with van der Waals surface area (Å²) in [5.41, 5.74) is 4.93. The van der Waals surface area contributed by atoms with Crippen molar-refractivity contribution in [3.05, 3.63) is 57.2 Å². The lowest BCUT2D eigenvalue weighted by molar-refractivity contribution is 0.481. The quantitative estimate of drug-likeness (QED) is 0.573. The minimum atomic E-state index is -0.262. The summed E-state index contributed by atoms with van der Waals surface area (Å²) < 4.78 is 19.1. The summed E-state index contributed by atoms with van der Waals surface area (Å²) in [4.78, 5) is 2.61. The van der Waals surface area contributed by atoms with E-state index in [1.807, 2.05) is 6.07 Å². The van der Waals surface area contributed by atoms with Gasteiger partial charge in [0.2, 0.25) is 0 Å². The van der Waals surface area contributed by atoms with Crippen LogP contribution < -0.4 is 11.3 Å². The number of hydrazine groups is 1. The maximum atomic E-state index is 13.3. The van der Waals surface area contributed by atoms with E-state index in [0.717, 1.165) is 28.9 Å². The largest absolute Gasteiger partial charge is 0.459 e. The molecule has 0 radical (unpaired) electrons. The van der Waals surface area contributed by atoms with Gasteiger partial charge in [-0.15, -0.1) is 11.3 Å². The van der Waals surface area contributed by atoms with Crippen LogP contribution in [0, 0.1) is 5.82 Å². The van der Waals surface area contributed by atoms with Gasteiger partial charge in [0.25, 0.3) is 0 Å². The van der Waals surface area contributed by atoms with E-state index in [2.05, 4.69) is 11.5 Å². The lowest BCUT2D eigenvalue weighted by Crippen LogP contribution is -2.27. The number of nitrogens with one attached hydrogen (secondary N) is 1. The van der Waals surface area contributed by atoms with Gasteiger partial charge in [0, 0.05) is 15.1 Å². The van der Waals surface area contributed by atoms with Gasteiger partial charge in [-0.1, -0.05) is 0 Å². The van der Waals surface area contributed by atoms with Crippen molar-refractivity contribution in [2.24, 2.45) is 5.84 Å². The second kappa shape index (κ2) is 4.94. The van der Waals surface area contributed by atoms with Crippen molar-refractivity contribution in [2.45, 2.75) is 25.3 Å². The number of nitrogens with two attached hydrogens (primary N) is 1. The molecule has 3 aromatic rings. The maximum Gasteiger partial charge on any atom is 0.134 e. The minimum absolute atomic E-state index is 0.184. The number of fused-ring (bicyclic) bond motifs is 2. The average molecular weight is 302 g/mol. The molecule has 108 valence electrons. The molecule has 0 aliphatic heterocycles. The fourth-order valence-corrected chi connectivity index (χ4v) is 4.30. The molecule has 0 fully saturated rings. The summed E-state index contributed by atoms with van der Waals surface area (Å²) in [6, 6.07) is 8.41. The molecule has 21 heavy (non-hydrogen) atoms. The molecule has 2 aromatic heterocycles. The first kappa shape index (κ1) is 13.0. The summed E-state index contributed by atoms with van der Waals surface area (Å²) in [7, 11) is 0. The van der Waals surface area contributed by atoms with Crippen molar-refractivity contribution in [3.8, 4) is 0 Å². The maximum absolute atomic E-state index is 13.3. The number of hydrogen-bond acceptors (Lipinski definition) is 4. The number of furan rings is 1. The van der Waals surface area contributed by atoms with Crippen molar-refractivity contribution in [2.75, 3.05) is 0 Å². The predicted molar refractivity (Wildman–Crippen MR) is 81.7 cm³/mol. The Morgan fingerprint density at radius 2 is 2.14 bits per heavy atom. The first-order valence-electron chi connectivity index (χ1n) is 7.01. The van der Waals surface area contributed by atoms with Crippen molar-refractivity contribution in [1.82, 2.24) is 5.43 Å². The normalized spacial score (nSPS) is 15.5. The zero-order valence-corrected chi connectivity index (χ0v) is 12.2. The fourth-order valence-electron chi connectivity index (χ4n) is 2.98. The highest BCUT2D eigenvalue weighted by molar-refractivity contribution is 7.12. The summed E-state index contributed by atoms with van der Waals surface area (Å²) >= 11 is 1.79. The van der Waals surface area contributed by atoms with Gasteiger partial charge in [0.1, 0.15) is 23.2 Å². The molecule has 1 aliphatic carbocycles. The predicted octanol–water partition coefficient (Wildman–Crippen LogP) is 3.67. The third kappa shape index (κ3) is 2.18. The number of aryl methyl sites for hydroxylation is 2. The first-order valence-corrected chi connectivity index (χ1v) is 7.83. The Morgan fingerprint density at radius 1 is 1.24 bits per heavy atom. The van der Waals surface area contributed by atoms with Crippen molar-refractivity contribution < 1.29 is 8.81 Å². The molecule has 0 saturated carbocycles. The fraction of sp³-hybridized carbons (Fsp3) is 0.250. The number of halogens is 1. The molecule has 5 heteroatoms. The molecule has 0 amide bonds. The Hall–Kier alpha value is -1.69. The molecular formula is C16H15FN2OS. The highest BCUT2D eigenvalue weighted by atomic mass is 32.1. The van der Waals surface area contributed by atoms with E-state index in [0.29, 0.717) is 5.58 Å². The zero-order valence-electron chi connectivity index (χ0n) is 11.4. The van der Waals surface area contributed by atoms with Gasteiger partial charge in [0.15, 0.2) is 0 Å². The average Bonchev–Trinajstić information content (AvgIpc) is 3.12. The molecule has 0 bridgehead atoms. The summed E-state index contributed by atoms with van der Waals surface area (Å²) in [6.45, 7) is 0. The van der Waals surface area contributed by atoms with E-state index >= 15 is 0 Å². The van der Waals surface area contributed by atoms with E-state index in [1.54, 1.807) is 17.4 Å². The topological polar surface area (TPSA) is 51.2 Å². The summed E-state index contributed by atoms with van der Waals surface area (Å²) in [6.07, 6.45) is 3.54. The molecule has 2 heterocycles. The lowest BCUT2D eigenvalue weighted by atomic mass is 10.1. The standard InChI is InChI=1S/C16H15FN2OS/c17-11-4-5-12-10(6-11)7-13(20-12)16(19-18)15-8-9-2-1-3-14(9)21-15/h4-8,16,19H,1-3,18H2. The molecule has 1 unspecified atom stereocenters. The molecule has 0 saturated heterocycles. The second-order valence-corrected chi connectivity index (χ2v) is 6.55.